The van der Waals surface area contributed by atoms with Crippen LogP contribution >= 0.6 is 11.6 Å². The molecule has 0 spiro atoms. The van der Waals surface area contributed by atoms with E-state index < -0.39 is 22.7 Å². The second-order valence-corrected chi connectivity index (χ2v) is 5.75. The lowest BCUT2D eigenvalue weighted by Gasteiger charge is -2.13. The Kier molecular flexibility index (Phi) is 5.39. The molecule has 0 fully saturated rings. The Balaban J connectivity index is 2.21. The fourth-order valence-electron chi connectivity index (χ4n) is 2.01. The minimum atomic E-state index is -4.59. The third-order valence-corrected chi connectivity index (χ3v) is 3.33. The second kappa shape index (κ2) is 7.13. The summed E-state index contributed by atoms with van der Waals surface area (Å²) in [5, 5.41) is 2.00. The van der Waals surface area contributed by atoms with Crippen molar-refractivity contribution in [3.8, 4) is 5.75 Å². The number of nitrogens with one attached hydrogen (secondary N) is 1. The van der Waals surface area contributed by atoms with Crippen molar-refractivity contribution >= 4 is 23.2 Å². The number of carbonyl (C=O) groups is 1. The van der Waals surface area contributed by atoms with E-state index in [0.29, 0.717) is 5.75 Å². The number of alkyl halides is 3. The molecule has 2 aromatic carbocycles. The highest BCUT2D eigenvalue weighted by Gasteiger charge is 2.33. The molecular weight excluding hydrogens is 343 g/mol. The lowest BCUT2D eigenvalue weighted by molar-refractivity contribution is -0.137. The highest BCUT2D eigenvalue weighted by atomic mass is 35.5. The normalized spacial score (nSPS) is 11.5. The van der Waals surface area contributed by atoms with Gasteiger partial charge in [0.1, 0.15) is 5.75 Å². The zero-order chi connectivity index (χ0) is 17.9. The van der Waals surface area contributed by atoms with Gasteiger partial charge in [0.15, 0.2) is 0 Å². The van der Waals surface area contributed by atoms with Gasteiger partial charge in [0, 0.05) is 11.3 Å². The second-order valence-electron chi connectivity index (χ2n) is 5.34. The molecule has 0 heterocycles. The lowest BCUT2D eigenvalue weighted by Crippen LogP contribution is -2.14. The summed E-state index contributed by atoms with van der Waals surface area (Å²) in [6.07, 6.45) is -4.66. The van der Waals surface area contributed by atoms with Crippen molar-refractivity contribution < 1.29 is 22.7 Å². The van der Waals surface area contributed by atoms with Crippen LogP contribution in [0.3, 0.4) is 0 Å². The van der Waals surface area contributed by atoms with Crippen LogP contribution in [0.5, 0.6) is 5.75 Å². The maximum absolute atomic E-state index is 12.8. The van der Waals surface area contributed by atoms with E-state index in [1.165, 1.54) is 12.1 Å². The molecule has 7 heteroatoms. The van der Waals surface area contributed by atoms with Crippen LogP contribution in [-0.2, 0) is 6.18 Å². The molecule has 3 nitrogen and oxygen atoms in total. The topological polar surface area (TPSA) is 38.3 Å². The lowest BCUT2D eigenvalue weighted by atomic mass is 10.1. The van der Waals surface area contributed by atoms with Crippen molar-refractivity contribution in [1.82, 2.24) is 0 Å². The zero-order valence-corrected chi connectivity index (χ0v) is 13.7. The summed E-state index contributed by atoms with van der Waals surface area (Å²) in [4.78, 5) is 12.2. The molecule has 0 aliphatic rings. The number of rotatable bonds is 4. The fraction of sp³-hybridized carbons (Fsp3) is 0.235. The van der Waals surface area contributed by atoms with Crippen LogP contribution in [0.15, 0.2) is 42.5 Å². The van der Waals surface area contributed by atoms with Crippen molar-refractivity contribution in [2.24, 2.45) is 0 Å². The van der Waals surface area contributed by atoms with Crippen LogP contribution in [-0.4, -0.2) is 12.0 Å². The Morgan fingerprint density at radius 2 is 1.88 bits per heavy atom. The van der Waals surface area contributed by atoms with Crippen LogP contribution in [0.2, 0.25) is 5.02 Å². The fourth-order valence-corrected chi connectivity index (χ4v) is 2.23. The maximum atomic E-state index is 12.8. The summed E-state index contributed by atoms with van der Waals surface area (Å²) in [6.45, 7) is 3.69. The van der Waals surface area contributed by atoms with Crippen molar-refractivity contribution in [3.63, 3.8) is 0 Å². The van der Waals surface area contributed by atoms with Gasteiger partial charge in [-0.15, -0.1) is 0 Å². The van der Waals surface area contributed by atoms with Gasteiger partial charge in [-0.05, 0) is 50.2 Å². The molecule has 2 rings (SSSR count). The molecule has 0 saturated heterocycles. The monoisotopic (exact) mass is 357 g/mol. The first kappa shape index (κ1) is 18.1. The van der Waals surface area contributed by atoms with Gasteiger partial charge in [0.25, 0.3) is 5.91 Å². The number of halogens is 4. The van der Waals surface area contributed by atoms with Crippen LogP contribution < -0.4 is 10.1 Å². The Labute approximate surface area is 142 Å². The van der Waals surface area contributed by atoms with E-state index in [9.17, 15) is 18.0 Å². The Morgan fingerprint density at radius 1 is 1.17 bits per heavy atom. The van der Waals surface area contributed by atoms with Crippen LogP contribution in [0.4, 0.5) is 18.9 Å². The predicted molar refractivity (Wildman–Crippen MR) is 86.6 cm³/mol. The van der Waals surface area contributed by atoms with Gasteiger partial charge in [-0.1, -0.05) is 17.7 Å². The molecule has 1 amide bonds. The van der Waals surface area contributed by atoms with E-state index in [1.54, 1.807) is 18.2 Å². The highest BCUT2D eigenvalue weighted by molar-refractivity contribution is 6.31. The van der Waals surface area contributed by atoms with Crippen molar-refractivity contribution in [1.29, 1.82) is 0 Å². The van der Waals surface area contributed by atoms with Gasteiger partial charge >= 0.3 is 6.18 Å². The first-order valence-corrected chi connectivity index (χ1v) is 7.49. The Morgan fingerprint density at radius 3 is 2.50 bits per heavy atom. The summed E-state index contributed by atoms with van der Waals surface area (Å²) >= 11 is 5.55. The quantitative estimate of drug-likeness (QED) is 0.795. The van der Waals surface area contributed by atoms with Crippen molar-refractivity contribution in [3.05, 3.63) is 58.6 Å². The molecule has 0 unspecified atom stereocenters. The molecule has 0 saturated carbocycles. The molecule has 128 valence electrons. The van der Waals surface area contributed by atoms with Gasteiger partial charge in [-0.2, -0.15) is 13.2 Å². The van der Waals surface area contributed by atoms with Crippen molar-refractivity contribution in [2.45, 2.75) is 26.1 Å². The molecule has 2 aromatic rings. The van der Waals surface area contributed by atoms with Gasteiger partial charge < -0.3 is 10.1 Å². The van der Waals surface area contributed by atoms with E-state index in [0.717, 1.165) is 12.1 Å². The summed E-state index contributed by atoms with van der Waals surface area (Å²) in [5.41, 5.74) is -0.720. The van der Waals surface area contributed by atoms with E-state index >= 15 is 0 Å². The molecule has 1 N–H and O–H groups in total. The molecule has 24 heavy (non-hydrogen) atoms. The average Bonchev–Trinajstić information content (AvgIpc) is 2.47. The third kappa shape index (κ3) is 4.64. The number of carbonyl (C=O) groups excluding carboxylic acids is 1. The number of benzene rings is 2. The molecule has 0 aliphatic carbocycles. The Bertz CT molecular complexity index is 745. The molecular formula is C17H15ClF3NO2. The number of amides is 1. The molecule has 0 aliphatic heterocycles. The maximum Gasteiger partial charge on any atom is 0.417 e. The van der Waals surface area contributed by atoms with Crippen LogP contribution in [0.25, 0.3) is 0 Å². The van der Waals surface area contributed by atoms with Gasteiger partial charge in [-0.25, -0.2) is 0 Å². The average molecular weight is 358 g/mol. The number of hydrogen-bond acceptors (Lipinski definition) is 2. The van der Waals surface area contributed by atoms with E-state index in [2.05, 4.69) is 5.32 Å². The third-order valence-electron chi connectivity index (χ3n) is 3.00. The largest absolute Gasteiger partial charge is 0.491 e. The Hall–Kier alpha value is -2.21. The minimum absolute atomic E-state index is 0.00639. The summed E-state index contributed by atoms with van der Waals surface area (Å²) < 4.78 is 44.0. The van der Waals surface area contributed by atoms with Crippen LogP contribution in [0, 0.1) is 0 Å². The number of ether oxygens (including phenoxy) is 1. The molecule has 0 aromatic heterocycles. The smallest absolute Gasteiger partial charge is 0.417 e. The first-order chi connectivity index (χ1) is 11.2. The van der Waals surface area contributed by atoms with Gasteiger partial charge in [0.05, 0.1) is 16.7 Å². The summed E-state index contributed by atoms with van der Waals surface area (Å²) in [7, 11) is 0. The molecule has 0 bridgehead atoms. The first-order valence-electron chi connectivity index (χ1n) is 7.11. The predicted octanol–water partition coefficient (Wildman–Crippen LogP) is 5.40. The summed E-state index contributed by atoms with van der Waals surface area (Å²) in [5.74, 6) is -0.0376. The van der Waals surface area contributed by atoms with Gasteiger partial charge in [-0.3, -0.25) is 4.79 Å². The minimum Gasteiger partial charge on any atom is -0.491 e. The van der Waals surface area contributed by atoms with Gasteiger partial charge in [0.2, 0.25) is 0 Å². The SMILES string of the molecule is CC(C)Oc1cccc(C(=O)Nc2ccc(Cl)c(C(F)(F)F)c2)c1. The standard InChI is InChI=1S/C17H15ClF3NO2/c1-10(2)24-13-5-3-4-11(8-13)16(23)22-12-6-7-15(18)14(9-12)17(19,20)21/h3-10H,1-2H3,(H,22,23). The zero-order valence-electron chi connectivity index (χ0n) is 12.9. The van der Waals surface area contributed by atoms with E-state index in [1.807, 2.05) is 13.8 Å². The van der Waals surface area contributed by atoms with E-state index in [-0.39, 0.29) is 17.4 Å². The highest BCUT2D eigenvalue weighted by Crippen LogP contribution is 2.36. The van der Waals surface area contributed by atoms with E-state index in [4.69, 9.17) is 16.3 Å². The van der Waals surface area contributed by atoms with Crippen molar-refractivity contribution in [2.75, 3.05) is 5.32 Å². The molecule has 0 radical (unpaired) electrons. The van der Waals surface area contributed by atoms with Crippen LogP contribution in [0.1, 0.15) is 29.8 Å². The number of hydrogen-bond donors (Lipinski definition) is 1. The number of anilines is 1. The summed E-state index contributed by atoms with van der Waals surface area (Å²) in [6, 6.07) is 9.60. The molecule has 0 atom stereocenters.